The minimum Gasteiger partial charge on any atom is -0.476 e. The van der Waals surface area contributed by atoms with Gasteiger partial charge in [-0.2, -0.15) is 0 Å². The molecular formula is C12H18N2O3S. The molecular weight excluding hydrogens is 252 g/mol. The van der Waals surface area contributed by atoms with Gasteiger partial charge < -0.3 is 10.4 Å². The lowest BCUT2D eigenvalue weighted by Gasteiger charge is -2.14. The first-order valence-corrected chi connectivity index (χ1v) is 6.72. The number of aromatic nitrogens is 1. The molecule has 0 aliphatic rings. The van der Waals surface area contributed by atoms with E-state index in [2.05, 4.69) is 24.1 Å². The second kappa shape index (κ2) is 6.49. The number of nitrogens with one attached hydrogen (secondary N) is 1. The molecule has 0 bridgehead atoms. The van der Waals surface area contributed by atoms with Gasteiger partial charge in [-0.1, -0.05) is 20.8 Å². The van der Waals surface area contributed by atoms with Crippen molar-refractivity contribution in [2.24, 2.45) is 11.8 Å². The Morgan fingerprint density at radius 1 is 1.44 bits per heavy atom. The summed E-state index contributed by atoms with van der Waals surface area (Å²) in [5.41, 5.74) is 0.0276. The molecule has 5 nitrogen and oxygen atoms in total. The van der Waals surface area contributed by atoms with Gasteiger partial charge in [-0.3, -0.25) is 4.79 Å². The molecule has 1 amide bonds. The molecule has 1 unspecified atom stereocenters. The number of carbonyl (C=O) groups excluding carboxylic acids is 1. The van der Waals surface area contributed by atoms with E-state index in [0.29, 0.717) is 29.8 Å². The highest BCUT2D eigenvalue weighted by molar-refractivity contribution is 7.09. The second-order valence-electron chi connectivity index (χ2n) is 4.63. The van der Waals surface area contributed by atoms with E-state index in [4.69, 9.17) is 5.11 Å². The molecule has 2 N–H and O–H groups in total. The summed E-state index contributed by atoms with van der Waals surface area (Å²) in [4.78, 5) is 26.2. The number of hydrogen-bond acceptors (Lipinski definition) is 4. The van der Waals surface area contributed by atoms with Crippen LogP contribution in [-0.2, 0) is 11.3 Å². The highest BCUT2D eigenvalue weighted by Crippen LogP contribution is 2.14. The molecule has 1 heterocycles. The van der Waals surface area contributed by atoms with Gasteiger partial charge in [0.15, 0.2) is 5.69 Å². The Labute approximate surface area is 110 Å². The smallest absolute Gasteiger partial charge is 0.355 e. The molecule has 0 fully saturated rings. The predicted octanol–water partition coefficient (Wildman–Crippen LogP) is 2.14. The van der Waals surface area contributed by atoms with Crippen molar-refractivity contribution >= 4 is 23.2 Å². The van der Waals surface area contributed by atoms with Gasteiger partial charge in [0, 0.05) is 11.8 Å². The van der Waals surface area contributed by atoms with Crippen molar-refractivity contribution in [3.05, 3.63) is 16.1 Å². The van der Waals surface area contributed by atoms with Crippen LogP contribution in [0.4, 0.5) is 0 Å². The summed E-state index contributed by atoms with van der Waals surface area (Å²) >= 11 is 1.24. The fraction of sp³-hybridized carbons (Fsp3) is 0.583. The Bertz CT molecular complexity index is 429. The van der Waals surface area contributed by atoms with Crippen LogP contribution in [0.5, 0.6) is 0 Å². The Kier molecular flexibility index (Phi) is 5.27. The van der Waals surface area contributed by atoms with Crippen molar-refractivity contribution in [2.75, 3.05) is 0 Å². The quantitative estimate of drug-likeness (QED) is 0.830. The fourth-order valence-electron chi connectivity index (χ4n) is 1.26. The summed E-state index contributed by atoms with van der Waals surface area (Å²) in [6.07, 6.45) is 0.481. The molecule has 0 radical (unpaired) electrons. The van der Waals surface area contributed by atoms with Crippen LogP contribution in [0.3, 0.4) is 0 Å². The fourth-order valence-corrected chi connectivity index (χ4v) is 1.97. The van der Waals surface area contributed by atoms with Crippen LogP contribution >= 0.6 is 11.3 Å². The van der Waals surface area contributed by atoms with Crippen LogP contribution in [0.15, 0.2) is 5.38 Å². The molecule has 1 atom stereocenters. The van der Waals surface area contributed by atoms with Gasteiger partial charge in [-0.15, -0.1) is 11.3 Å². The van der Waals surface area contributed by atoms with Crippen molar-refractivity contribution < 1.29 is 14.7 Å². The van der Waals surface area contributed by atoms with E-state index in [1.165, 1.54) is 16.7 Å². The maximum Gasteiger partial charge on any atom is 0.355 e. The second-order valence-corrected chi connectivity index (χ2v) is 5.58. The average molecular weight is 270 g/mol. The van der Waals surface area contributed by atoms with Crippen molar-refractivity contribution in [1.29, 1.82) is 0 Å². The van der Waals surface area contributed by atoms with E-state index in [9.17, 15) is 9.59 Å². The molecule has 0 saturated carbocycles. The van der Waals surface area contributed by atoms with Crippen LogP contribution in [0.2, 0.25) is 0 Å². The molecule has 1 rings (SSSR count). The Morgan fingerprint density at radius 3 is 2.61 bits per heavy atom. The van der Waals surface area contributed by atoms with E-state index in [-0.39, 0.29) is 11.6 Å². The normalized spacial score (nSPS) is 12.4. The predicted molar refractivity (Wildman–Crippen MR) is 69.5 cm³/mol. The highest BCUT2D eigenvalue weighted by atomic mass is 32.1. The molecule has 0 aliphatic carbocycles. The molecule has 0 aliphatic heterocycles. The molecule has 1 aromatic rings. The number of carboxylic acids is 1. The number of rotatable bonds is 6. The molecule has 1 aromatic heterocycles. The summed E-state index contributed by atoms with van der Waals surface area (Å²) in [6.45, 7) is 6.49. The number of nitrogens with zero attached hydrogens (tertiary/aromatic N) is 1. The summed E-state index contributed by atoms with van der Waals surface area (Å²) in [7, 11) is 0. The van der Waals surface area contributed by atoms with Crippen LogP contribution < -0.4 is 5.32 Å². The lowest BCUT2D eigenvalue weighted by molar-refractivity contribution is -0.122. The van der Waals surface area contributed by atoms with E-state index < -0.39 is 5.97 Å². The zero-order valence-corrected chi connectivity index (χ0v) is 11.6. The van der Waals surface area contributed by atoms with E-state index in [1.54, 1.807) is 0 Å². The topological polar surface area (TPSA) is 79.3 Å². The van der Waals surface area contributed by atoms with Crippen LogP contribution in [-0.4, -0.2) is 22.0 Å². The Hall–Kier alpha value is -1.43. The number of carboxylic acid groups (broad SMARTS) is 1. The van der Waals surface area contributed by atoms with Crippen molar-refractivity contribution in [2.45, 2.75) is 33.7 Å². The van der Waals surface area contributed by atoms with E-state index in [0.717, 1.165) is 0 Å². The Morgan fingerprint density at radius 2 is 2.11 bits per heavy atom. The Balaban J connectivity index is 2.40. The maximum absolute atomic E-state index is 11.6. The summed E-state index contributed by atoms with van der Waals surface area (Å²) in [5.74, 6) is -0.273. The van der Waals surface area contributed by atoms with Crippen molar-refractivity contribution in [3.8, 4) is 0 Å². The SMILES string of the molecule is CC(C)C(C)CC(=O)NCc1nc(C(=O)O)cs1. The average Bonchev–Trinajstić information content (AvgIpc) is 2.74. The summed E-state index contributed by atoms with van der Waals surface area (Å²) < 4.78 is 0. The molecule has 0 spiro atoms. The standard InChI is InChI=1S/C12H18N2O3S/c1-7(2)8(3)4-10(15)13-5-11-14-9(6-18-11)12(16)17/h6-8H,4-5H2,1-3H3,(H,13,15)(H,16,17). The largest absolute Gasteiger partial charge is 0.476 e. The van der Waals surface area contributed by atoms with Crippen molar-refractivity contribution in [3.63, 3.8) is 0 Å². The zero-order valence-electron chi connectivity index (χ0n) is 10.8. The first kappa shape index (κ1) is 14.6. The number of aromatic carboxylic acids is 1. The summed E-state index contributed by atoms with van der Waals surface area (Å²) in [6, 6.07) is 0. The van der Waals surface area contributed by atoms with Gasteiger partial charge in [0.25, 0.3) is 0 Å². The van der Waals surface area contributed by atoms with E-state index >= 15 is 0 Å². The monoisotopic (exact) mass is 270 g/mol. The van der Waals surface area contributed by atoms with Gasteiger partial charge in [0.1, 0.15) is 5.01 Å². The molecule has 6 heteroatoms. The first-order chi connectivity index (χ1) is 8.40. The number of amides is 1. The third kappa shape index (κ3) is 4.44. The minimum absolute atomic E-state index is 0.0247. The molecule has 0 saturated heterocycles. The van der Waals surface area contributed by atoms with E-state index in [1.807, 2.05) is 6.92 Å². The van der Waals surface area contributed by atoms with Gasteiger partial charge >= 0.3 is 5.97 Å². The highest BCUT2D eigenvalue weighted by Gasteiger charge is 2.13. The van der Waals surface area contributed by atoms with Gasteiger partial charge in [-0.25, -0.2) is 9.78 Å². The first-order valence-electron chi connectivity index (χ1n) is 5.84. The molecule has 18 heavy (non-hydrogen) atoms. The summed E-state index contributed by atoms with van der Waals surface area (Å²) in [5, 5.41) is 13.5. The third-order valence-corrected chi connectivity index (χ3v) is 3.70. The lowest BCUT2D eigenvalue weighted by Crippen LogP contribution is -2.25. The van der Waals surface area contributed by atoms with Gasteiger partial charge in [0.2, 0.25) is 5.91 Å². The number of carbonyl (C=O) groups is 2. The van der Waals surface area contributed by atoms with Gasteiger partial charge in [0.05, 0.1) is 6.54 Å². The lowest BCUT2D eigenvalue weighted by atomic mass is 9.94. The number of hydrogen-bond donors (Lipinski definition) is 2. The maximum atomic E-state index is 11.6. The minimum atomic E-state index is -1.04. The zero-order chi connectivity index (χ0) is 13.7. The molecule has 0 aromatic carbocycles. The van der Waals surface area contributed by atoms with Crippen LogP contribution in [0, 0.1) is 11.8 Å². The van der Waals surface area contributed by atoms with Gasteiger partial charge in [-0.05, 0) is 11.8 Å². The third-order valence-electron chi connectivity index (χ3n) is 2.85. The van der Waals surface area contributed by atoms with Crippen LogP contribution in [0.1, 0.15) is 42.7 Å². The van der Waals surface area contributed by atoms with Crippen LogP contribution in [0.25, 0.3) is 0 Å². The number of thiazole rings is 1. The molecule has 100 valence electrons. The van der Waals surface area contributed by atoms with Crippen molar-refractivity contribution in [1.82, 2.24) is 10.3 Å².